The van der Waals surface area contributed by atoms with Gasteiger partial charge in [-0.25, -0.2) is 0 Å². The molecule has 1 unspecified atom stereocenters. The number of carbonyl (C=O) groups is 2. The van der Waals surface area contributed by atoms with E-state index in [1.807, 2.05) is 0 Å². The summed E-state index contributed by atoms with van der Waals surface area (Å²) >= 11 is 0. The zero-order chi connectivity index (χ0) is 19.4. The van der Waals surface area contributed by atoms with E-state index in [2.05, 4.69) is 5.32 Å². The first kappa shape index (κ1) is 19.3. The van der Waals surface area contributed by atoms with E-state index < -0.39 is 5.97 Å². The van der Waals surface area contributed by atoms with Crippen LogP contribution in [0.25, 0.3) is 0 Å². The summed E-state index contributed by atoms with van der Waals surface area (Å²) in [5.74, 6) is -1.12. The first-order valence-corrected chi connectivity index (χ1v) is 9.16. The number of ether oxygens (including phenoxy) is 1. The Morgan fingerprint density at radius 1 is 1.33 bits per heavy atom. The van der Waals surface area contributed by atoms with E-state index in [9.17, 15) is 24.5 Å². The molecule has 1 aromatic rings. The number of likely N-dealkylation sites (tertiary alicyclic amines) is 1. The van der Waals surface area contributed by atoms with Crippen molar-refractivity contribution in [2.75, 3.05) is 26.2 Å². The van der Waals surface area contributed by atoms with Crippen molar-refractivity contribution >= 4 is 19.0 Å². The van der Waals surface area contributed by atoms with Crippen molar-refractivity contribution in [3.8, 4) is 11.5 Å². The van der Waals surface area contributed by atoms with Crippen molar-refractivity contribution < 1.29 is 29.2 Å². The normalized spacial score (nSPS) is 19.4. The molecule has 3 rings (SSSR count). The van der Waals surface area contributed by atoms with Crippen LogP contribution in [0.4, 0.5) is 0 Å². The Labute approximate surface area is 157 Å². The van der Waals surface area contributed by atoms with Gasteiger partial charge in [-0.15, -0.1) is 0 Å². The van der Waals surface area contributed by atoms with Gasteiger partial charge in [0.25, 0.3) is 0 Å². The number of amides is 1. The molecule has 0 bridgehead atoms. The SMILES string of the molecule is O=BCCc1ccc(OC2CN(C(=O)CC3CCNC3)C2)c(C(=O)O)c1O. The molecule has 2 aliphatic heterocycles. The summed E-state index contributed by atoms with van der Waals surface area (Å²) in [4.78, 5) is 25.5. The molecule has 8 nitrogen and oxygen atoms in total. The molecule has 0 radical (unpaired) electrons. The number of carbonyl (C=O) groups excluding carboxylic acids is 1. The summed E-state index contributed by atoms with van der Waals surface area (Å²) < 4.78 is 16.2. The minimum atomic E-state index is -1.29. The Hall–Kier alpha value is -2.42. The number of aromatic hydroxyl groups is 1. The fourth-order valence-electron chi connectivity index (χ4n) is 3.50. The number of rotatable bonds is 8. The second-order valence-electron chi connectivity index (χ2n) is 7.06. The molecule has 0 aliphatic carbocycles. The van der Waals surface area contributed by atoms with E-state index in [-0.39, 0.29) is 41.8 Å². The van der Waals surface area contributed by atoms with Gasteiger partial charge in [0.05, 0.1) is 0 Å². The number of phenols is 1. The average molecular weight is 374 g/mol. The quantitative estimate of drug-likeness (QED) is 0.574. The Morgan fingerprint density at radius 2 is 2.11 bits per heavy atom. The van der Waals surface area contributed by atoms with Crippen molar-refractivity contribution in [3.05, 3.63) is 23.3 Å². The summed E-state index contributed by atoms with van der Waals surface area (Å²) in [7, 11) is 0.714. The van der Waals surface area contributed by atoms with Crippen LogP contribution in [0.5, 0.6) is 11.5 Å². The van der Waals surface area contributed by atoms with Crippen LogP contribution < -0.4 is 10.1 Å². The van der Waals surface area contributed by atoms with E-state index in [1.54, 1.807) is 11.0 Å². The predicted octanol–water partition coefficient (Wildman–Crippen LogP) is 0.690. The standard InChI is InChI=1S/C18H23BN2O6/c22-15(7-11-4-6-20-8-11)21-9-13(10-21)27-14-2-1-12(3-5-19-26)17(23)16(14)18(24)25/h1-2,11,13,20,23H,3-10H2,(H,24,25). The third-order valence-corrected chi connectivity index (χ3v) is 5.09. The van der Waals surface area contributed by atoms with Gasteiger partial charge in [-0.2, -0.15) is 0 Å². The van der Waals surface area contributed by atoms with E-state index in [0.717, 1.165) is 19.5 Å². The fourth-order valence-corrected chi connectivity index (χ4v) is 3.50. The van der Waals surface area contributed by atoms with E-state index in [1.165, 1.54) is 6.07 Å². The van der Waals surface area contributed by atoms with Crippen LogP contribution in [0.15, 0.2) is 12.1 Å². The van der Waals surface area contributed by atoms with Crippen LogP contribution in [0, 0.1) is 5.92 Å². The molecule has 2 heterocycles. The number of benzene rings is 1. The molecule has 2 saturated heterocycles. The van der Waals surface area contributed by atoms with Crippen molar-refractivity contribution in [3.63, 3.8) is 0 Å². The number of nitrogens with one attached hydrogen (secondary N) is 1. The van der Waals surface area contributed by atoms with E-state index in [4.69, 9.17) is 4.74 Å². The molecule has 144 valence electrons. The molecule has 3 N–H and O–H groups in total. The Bertz CT molecular complexity index is 729. The van der Waals surface area contributed by atoms with Gasteiger partial charge in [0.2, 0.25) is 0 Å². The van der Waals surface area contributed by atoms with Gasteiger partial charge in [-0.3, -0.25) is 0 Å². The van der Waals surface area contributed by atoms with Crippen molar-refractivity contribution in [2.45, 2.75) is 31.7 Å². The summed E-state index contributed by atoms with van der Waals surface area (Å²) in [6.45, 7) is 2.64. The number of aryl methyl sites for hydroxylation is 1. The molecule has 9 heteroatoms. The Kier molecular flexibility index (Phi) is 6.10. The van der Waals surface area contributed by atoms with Crippen molar-refractivity contribution in [1.29, 1.82) is 0 Å². The third-order valence-electron chi connectivity index (χ3n) is 5.09. The molecular formula is C18H23BN2O6. The molecule has 0 aromatic heterocycles. The molecule has 1 aromatic carbocycles. The second-order valence-corrected chi connectivity index (χ2v) is 7.06. The molecule has 2 aliphatic rings. The van der Waals surface area contributed by atoms with Gasteiger partial charge in [0.1, 0.15) is 0 Å². The van der Waals surface area contributed by atoms with Gasteiger partial charge in [0, 0.05) is 0 Å². The van der Waals surface area contributed by atoms with Crippen LogP contribution in [0.3, 0.4) is 0 Å². The third kappa shape index (κ3) is 4.47. The molecule has 27 heavy (non-hydrogen) atoms. The number of hydrogen-bond donors (Lipinski definition) is 3. The molecule has 1 atom stereocenters. The van der Waals surface area contributed by atoms with Crippen LogP contribution in [0.1, 0.15) is 28.8 Å². The van der Waals surface area contributed by atoms with E-state index >= 15 is 0 Å². The molecule has 0 saturated carbocycles. The first-order chi connectivity index (χ1) is 13.0. The summed E-state index contributed by atoms with van der Waals surface area (Å²) in [6, 6.07) is 3.06. The van der Waals surface area contributed by atoms with Gasteiger partial charge >= 0.3 is 126 Å². The summed E-state index contributed by atoms with van der Waals surface area (Å²) in [6.07, 6.45) is 1.69. The fraction of sp³-hybridized carbons (Fsp3) is 0.556. The maximum absolute atomic E-state index is 12.2. The van der Waals surface area contributed by atoms with Crippen molar-refractivity contribution in [1.82, 2.24) is 10.2 Å². The first-order valence-electron chi connectivity index (χ1n) is 9.16. The monoisotopic (exact) mass is 374 g/mol. The topological polar surface area (TPSA) is 116 Å². The molecular weight excluding hydrogens is 351 g/mol. The van der Waals surface area contributed by atoms with Gasteiger partial charge in [-0.05, 0) is 25.4 Å². The van der Waals surface area contributed by atoms with Gasteiger partial charge < -0.3 is 5.32 Å². The predicted molar refractivity (Wildman–Crippen MR) is 96.6 cm³/mol. The number of carboxylic acid groups (broad SMARTS) is 1. The van der Waals surface area contributed by atoms with Gasteiger partial charge in [-0.1, -0.05) is 0 Å². The number of nitrogens with zero attached hydrogens (tertiary/aromatic N) is 1. The Balaban J connectivity index is 1.59. The Morgan fingerprint density at radius 3 is 2.74 bits per heavy atom. The van der Waals surface area contributed by atoms with Crippen LogP contribution in [0.2, 0.25) is 6.32 Å². The van der Waals surface area contributed by atoms with Crippen LogP contribution >= 0.6 is 0 Å². The molecule has 2 fully saturated rings. The molecule has 1 amide bonds. The van der Waals surface area contributed by atoms with Crippen molar-refractivity contribution in [2.24, 2.45) is 5.92 Å². The van der Waals surface area contributed by atoms with Crippen LogP contribution in [-0.4, -0.2) is 66.4 Å². The molecule has 0 spiro atoms. The summed E-state index contributed by atoms with van der Waals surface area (Å²) in [5.41, 5.74) is 0.0858. The number of hydrogen-bond acceptors (Lipinski definition) is 6. The van der Waals surface area contributed by atoms with E-state index in [0.29, 0.717) is 38.1 Å². The van der Waals surface area contributed by atoms with Crippen LogP contribution in [-0.2, 0) is 15.9 Å². The zero-order valence-electron chi connectivity index (χ0n) is 15.0. The minimum absolute atomic E-state index is 0.0759. The number of aromatic carboxylic acids is 1. The summed E-state index contributed by atoms with van der Waals surface area (Å²) in [5, 5.41) is 22.9. The number of carboxylic acids is 1. The maximum atomic E-state index is 12.2. The average Bonchev–Trinajstić information content (AvgIpc) is 3.09. The second kappa shape index (κ2) is 8.52. The van der Waals surface area contributed by atoms with Gasteiger partial charge in [0.15, 0.2) is 0 Å². The zero-order valence-corrected chi connectivity index (χ0v) is 15.0.